The number of hydrogen-bond donors (Lipinski definition) is 0. The summed E-state index contributed by atoms with van der Waals surface area (Å²) in [6, 6.07) is 21.7. The quantitative estimate of drug-likeness (QED) is 0.539. The molecule has 1 aliphatic rings. The molecule has 1 aliphatic carbocycles. The van der Waals surface area contributed by atoms with Crippen LogP contribution in [0.2, 0.25) is 0 Å². The summed E-state index contributed by atoms with van der Waals surface area (Å²) in [5.41, 5.74) is 5.80. The fourth-order valence-electron chi connectivity index (χ4n) is 3.09. The molecule has 0 aliphatic heterocycles. The molecule has 2 nitrogen and oxygen atoms in total. The second kappa shape index (κ2) is 4.85. The lowest BCUT2D eigenvalue weighted by Gasteiger charge is -2.10. The van der Waals surface area contributed by atoms with Crippen LogP contribution < -0.4 is 4.74 Å². The highest BCUT2D eigenvalue weighted by atomic mass is 16.5. The smallest absolute Gasteiger partial charge is 0.194 e. The van der Waals surface area contributed by atoms with Crippen LogP contribution in [0.4, 0.5) is 0 Å². The van der Waals surface area contributed by atoms with Crippen LogP contribution in [-0.2, 0) is 0 Å². The Bertz CT molecular complexity index is 876. The first-order valence-corrected chi connectivity index (χ1v) is 7.21. The standard InChI is InChI=1S/C20H14O2/c1-22-14-11-9-13(10-12-14)15-7-4-8-18-19(15)16-5-2-3-6-17(16)20(18)21/h2-12H,1H3. The zero-order valence-electron chi connectivity index (χ0n) is 12.2. The van der Waals surface area contributed by atoms with Crippen molar-refractivity contribution in [2.45, 2.75) is 0 Å². The highest BCUT2D eigenvalue weighted by molar-refractivity contribution is 6.23. The molecule has 0 atom stereocenters. The minimum atomic E-state index is 0.112. The lowest BCUT2D eigenvalue weighted by molar-refractivity contribution is 0.104. The minimum absolute atomic E-state index is 0.112. The van der Waals surface area contributed by atoms with Gasteiger partial charge in [-0.15, -0.1) is 0 Å². The summed E-state index contributed by atoms with van der Waals surface area (Å²) >= 11 is 0. The lowest BCUT2D eigenvalue weighted by atomic mass is 9.94. The van der Waals surface area contributed by atoms with Gasteiger partial charge in [0.15, 0.2) is 5.78 Å². The largest absolute Gasteiger partial charge is 0.497 e. The molecule has 0 saturated carbocycles. The summed E-state index contributed by atoms with van der Waals surface area (Å²) in [7, 11) is 1.66. The zero-order valence-corrected chi connectivity index (χ0v) is 12.2. The Morgan fingerprint density at radius 2 is 1.32 bits per heavy atom. The number of hydrogen-bond acceptors (Lipinski definition) is 2. The molecule has 2 heteroatoms. The average Bonchev–Trinajstić information content (AvgIpc) is 2.89. The van der Waals surface area contributed by atoms with Gasteiger partial charge in [-0.2, -0.15) is 0 Å². The Labute approximate surface area is 129 Å². The van der Waals surface area contributed by atoms with Crippen LogP contribution in [0.5, 0.6) is 5.75 Å². The second-order valence-corrected chi connectivity index (χ2v) is 5.33. The highest BCUT2D eigenvalue weighted by Gasteiger charge is 2.28. The van der Waals surface area contributed by atoms with E-state index in [1.807, 2.05) is 60.7 Å². The van der Waals surface area contributed by atoms with E-state index in [0.29, 0.717) is 0 Å². The number of ketones is 1. The topological polar surface area (TPSA) is 26.3 Å². The third kappa shape index (κ3) is 1.77. The molecule has 0 bridgehead atoms. The third-order valence-electron chi connectivity index (χ3n) is 4.15. The van der Waals surface area contributed by atoms with E-state index >= 15 is 0 Å². The van der Waals surface area contributed by atoms with Crippen molar-refractivity contribution in [2.24, 2.45) is 0 Å². The molecule has 22 heavy (non-hydrogen) atoms. The van der Waals surface area contributed by atoms with Crippen molar-refractivity contribution in [3.63, 3.8) is 0 Å². The summed E-state index contributed by atoms with van der Waals surface area (Å²) in [6.45, 7) is 0. The number of fused-ring (bicyclic) bond motifs is 3. The predicted molar refractivity (Wildman–Crippen MR) is 87.3 cm³/mol. The number of carbonyl (C=O) groups is 1. The van der Waals surface area contributed by atoms with Gasteiger partial charge in [-0.25, -0.2) is 0 Å². The molecule has 0 unspecified atom stereocenters. The van der Waals surface area contributed by atoms with Gasteiger partial charge in [-0.05, 0) is 28.8 Å². The number of methoxy groups -OCH3 is 1. The van der Waals surface area contributed by atoms with Gasteiger partial charge in [0.2, 0.25) is 0 Å². The van der Waals surface area contributed by atoms with Crippen molar-refractivity contribution in [1.29, 1.82) is 0 Å². The number of rotatable bonds is 2. The van der Waals surface area contributed by atoms with Gasteiger partial charge in [0, 0.05) is 16.7 Å². The first-order valence-electron chi connectivity index (χ1n) is 7.21. The normalized spacial score (nSPS) is 12.0. The van der Waals surface area contributed by atoms with Crippen LogP contribution in [0.25, 0.3) is 22.3 Å². The molecule has 3 aromatic rings. The van der Waals surface area contributed by atoms with Crippen LogP contribution in [0.15, 0.2) is 66.7 Å². The van der Waals surface area contributed by atoms with E-state index in [-0.39, 0.29) is 5.78 Å². The van der Waals surface area contributed by atoms with Gasteiger partial charge in [0.1, 0.15) is 5.75 Å². The Kier molecular flexibility index (Phi) is 2.83. The Morgan fingerprint density at radius 3 is 2.05 bits per heavy atom. The van der Waals surface area contributed by atoms with Gasteiger partial charge in [0.25, 0.3) is 0 Å². The fraction of sp³-hybridized carbons (Fsp3) is 0.0500. The van der Waals surface area contributed by atoms with Crippen LogP contribution >= 0.6 is 0 Å². The molecule has 4 rings (SSSR count). The molecule has 3 aromatic carbocycles. The van der Waals surface area contributed by atoms with Gasteiger partial charge < -0.3 is 4.74 Å². The van der Waals surface area contributed by atoms with Crippen LogP contribution in [0.1, 0.15) is 15.9 Å². The molecule has 0 aromatic heterocycles. The predicted octanol–water partition coefficient (Wildman–Crippen LogP) is 4.57. The highest BCUT2D eigenvalue weighted by Crippen LogP contribution is 2.42. The molecule has 106 valence electrons. The van der Waals surface area contributed by atoms with Gasteiger partial charge in [-0.1, -0.05) is 54.6 Å². The van der Waals surface area contributed by atoms with E-state index in [1.54, 1.807) is 7.11 Å². The molecule has 0 N–H and O–H groups in total. The molecule has 0 spiro atoms. The lowest BCUT2D eigenvalue weighted by Crippen LogP contribution is -1.94. The number of carbonyl (C=O) groups excluding carboxylic acids is 1. The maximum absolute atomic E-state index is 12.6. The van der Waals surface area contributed by atoms with Crippen molar-refractivity contribution in [2.75, 3.05) is 7.11 Å². The van der Waals surface area contributed by atoms with Gasteiger partial charge in [0.05, 0.1) is 7.11 Å². The van der Waals surface area contributed by atoms with Gasteiger partial charge >= 0.3 is 0 Å². The summed E-state index contributed by atoms with van der Waals surface area (Å²) < 4.78 is 5.22. The minimum Gasteiger partial charge on any atom is -0.497 e. The molecule has 0 amide bonds. The average molecular weight is 286 g/mol. The van der Waals surface area contributed by atoms with E-state index in [1.165, 1.54) is 0 Å². The zero-order chi connectivity index (χ0) is 15.1. The number of benzene rings is 3. The SMILES string of the molecule is COc1ccc(-c2cccc3c2-c2ccccc2C3=O)cc1. The first-order chi connectivity index (χ1) is 10.8. The van der Waals surface area contributed by atoms with Crippen molar-refractivity contribution >= 4 is 5.78 Å². The molecular formula is C20H14O2. The fourth-order valence-corrected chi connectivity index (χ4v) is 3.09. The van der Waals surface area contributed by atoms with Crippen LogP contribution in [0.3, 0.4) is 0 Å². The van der Waals surface area contributed by atoms with E-state index in [2.05, 4.69) is 6.07 Å². The summed E-state index contributed by atoms with van der Waals surface area (Å²) in [5.74, 6) is 0.939. The Hall–Kier alpha value is -2.87. The third-order valence-corrected chi connectivity index (χ3v) is 4.15. The van der Waals surface area contributed by atoms with Crippen molar-refractivity contribution in [3.8, 4) is 28.0 Å². The molecule has 0 radical (unpaired) electrons. The molecule has 0 fully saturated rings. The maximum Gasteiger partial charge on any atom is 0.194 e. The summed E-state index contributed by atoms with van der Waals surface area (Å²) in [6.07, 6.45) is 0. The molecule has 0 saturated heterocycles. The number of ether oxygens (including phenoxy) is 1. The van der Waals surface area contributed by atoms with Crippen LogP contribution in [-0.4, -0.2) is 12.9 Å². The van der Waals surface area contributed by atoms with E-state index in [0.717, 1.165) is 39.1 Å². The van der Waals surface area contributed by atoms with E-state index in [4.69, 9.17) is 4.74 Å². The Morgan fingerprint density at radius 1 is 0.682 bits per heavy atom. The van der Waals surface area contributed by atoms with Gasteiger partial charge in [-0.3, -0.25) is 4.79 Å². The Balaban J connectivity index is 1.96. The van der Waals surface area contributed by atoms with Crippen molar-refractivity contribution < 1.29 is 9.53 Å². The molecule has 0 heterocycles. The molecular weight excluding hydrogens is 272 g/mol. The maximum atomic E-state index is 12.6. The summed E-state index contributed by atoms with van der Waals surface area (Å²) in [5, 5.41) is 0. The second-order valence-electron chi connectivity index (χ2n) is 5.33. The van der Waals surface area contributed by atoms with E-state index in [9.17, 15) is 4.79 Å². The first kappa shape index (κ1) is 12.8. The van der Waals surface area contributed by atoms with Crippen molar-refractivity contribution in [1.82, 2.24) is 0 Å². The monoisotopic (exact) mass is 286 g/mol. The summed E-state index contributed by atoms with van der Waals surface area (Å²) in [4.78, 5) is 12.6. The van der Waals surface area contributed by atoms with E-state index < -0.39 is 0 Å². The van der Waals surface area contributed by atoms with Crippen LogP contribution in [0, 0.1) is 0 Å². The van der Waals surface area contributed by atoms with Crippen molar-refractivity contribution in [3.05, 3.63) is 77.9 Å².